The molecule has 0 aromatic heterocycles. The normalized spacial score (nSPS) is 10.2. The van der Waals surface area contributed by atoms with Crippen LogP contribution >= 0.6 is 0 Å². The van der Waals surface area contributed by atoms with Gasteiger partial charge in [0.15, 0.2) is 0 Å². The molecule has 0 fully saturated rings. The standard InChI is InChI=1S/C16H15F2NO2/c1-21-16(20)12-9-15(14(18)10-13(12)17)19-8-7-11-5-3-2-4-6-11/h2-6,9-10,19H,7-8H2,1H3. The lowest BCUT2D eigenvalue weighted by molar-refractivity contribution is 0.0595. The molecule has 0 saturated heterocycles. The molecule has 5 heteroatoms. The fraction of sp³-hybridized carbons (Fsp3) is 0.188. The molecular formula is C16H15F2NO2. The van der Waals surface area contributed by atoms with Crippen molar-refractivity contribution in [1.29, 1.82) is 0 Å². The Labute approximate surface area is 121 Å². The predicted molar refractivity (Wildman–Crippen MR) is 76.3 cm³/mol. The number of carbonyl (C=O) groups is 1. The summed E-state index contributed by atoms with van der Waals surface area (Å²) in [6.07, 6.45) is 0.686. The zero-order valence-electron chi connectivity index (χ0n) is 11.5. The zero-order valence-corrected chi connectivity index (χ0v) is 11.5. The van der Waals surface area contributed by atoms with Crippen LogP contribution in [0.5, 0.6) is 0 Å². The van der Waals surface area contributed by atoms with E-state index in [1.807, 2.05) is 30.3 Å². The fourth-order valence-corrected chi connectivity index (χ4v) is 1.94. The van der Waals surface area contributed by atoms with Crippen molar-refractivity contribution in [3.05, 3.63) is 65.2 Å². The van der Waals surface area contributed by atoms with Crippen molar-refractivity contribution in [2.75, 3.05) is 19.0 Å². The molecule has 1 N–H and O–H groups in total. The molecule has 21 heavy (non-hydrogen) atoms. The summed E-state index contributed by atoms with van der Waals surface area (Å²) in [6.45, 7) is 0.465. The Bertz CT molecular complexity index is 630. The second kappa shape index (κ2) is 6.83. The molecule has 0 aliphatic carbocycles. The molecule has 0 saturated carbocycles. The van der Waals surface area contributed by atoms with E-state index in [1.54, 1.807) is 0 Å². The molecule has 0 bridgehead atoms. The van der Waals surface area contributed by atoms with Crippen LogP contribution in [-0.2, 0) is 11.2 Å². The van der Waals surface area contributed by atoms with E-state index in [9.17, 15) is 13.6 Å². The predicted octanol–water partition coefficient (Wildman–Crippen LogP) is 3.41. The monoisotopic (exact) mass is 291 g/mol. The van der Waals surface area contributed by atoms with E-state index in [0.29, 0.717) is 19.0 Å². The van der Waals surface area contributed by atoms with Gasteiger partial charge in [-0.15, -0.1) is 0 Å². The zero-order chi connectivity index (χ0) is 15.2. The molecule has 2 aromatic rings. The lowest BCUT2D eigenvalue weighted by atomic mass is 10.1. The van der Waals surface area contributed by atoms with E-state index in [2.05, 4.69) is 10.1 Å². The fourth-order valence-electron chi connectivity index (χ4n) is 1.94. The summed E-state index contributed by atoms with van der Waals surface area (Å²) in [5.74, 6) is -2.51. The molecule has 110 valence electrons. The summed E-state index contributed by atoms with van der Waals surface area (Å²) in [6, 6.07) is 11.5. The Morgan fingerprint density at radius 1 is 1.14 bits per heavy atom. The van der Waals surface area contributed by atoms with E-state index in [-0.39, 0.29) is 11.3 Å². The second-order valence-electron chi connectivity index (χ2n) is 4.47. The Morgan fingerprint density at radius 3 is 2.52 bits per heavy atom. The van der Waals surface area contributed by atoms with Crippen molar-refractivity contribution in [1.82, 2.24) is 0 Å². The topological polar surface area (TPSA) is 38.3 Å². The molecule has 0 spiro atoms. The first kappa shape index (κ1) is 15.0. The van der Waals surface area contributed by atoms with E-state index < -0.39 is 17.6 Å². The summed E-state index contributed by atoms with van der Waals surface area (Å²) in [4.78, 5) is 11.4. The molecule has 0 heterocycles. The molecule has 0 unspecified atom stereocenters. The van der Waals surface area contributed by atoms with Crippen LogP contribution < -0.4 is 5.32 Å². The van der Waals surface area contributed by atoms with Crippen molar-refractivity contribution in [3.63, 3.8) is 0 Å². The molecule has 0 aliphatic rings. The first-order valence-electron chi connectivity index (χ1n) is 6.47. The third-order valence-electron chi connectivity index (χ3n) is 3.03. The third-order valence-corrected chi connectivity index (χ3v) is 3.03. The smallest absolute Gasteiger partial charge is 0.340 e. The summed E-state index contributed by atoms with van der Waals surface area (Å²) < 4.78 is 31.6. The minimum absolute atomic E-state index is 0.0766. The quantitative estimate of drug-likeness (QED) is 0.858. The van der Waals surface area contributed by atoms with Crippen LogP contribution in [0, 0.1) is 11.6 Å². The average molecular weight is 291 g/mol. The number of hydrogen-bond donors (Lipinski definition) is 1. The maximum atomic E-state index is 13.7. The third kappa shape index (κ3) is 3.78. The van der Waals surface area contributed by atoms with Crippen molar-refractivity contribution in [3.8, 4) is 0 Å². The summed E-state index contributed by atoms with van der Waals surface area (Å²) >= 11 is 0. The van der Waals surface area contributed by atoms with Gasteiger partial charge in [0.25, 0.3) is 0 Å². The number of benzene rings is 2. The number of ether oxygens (including phenoxy) is 1. The van der Waals surface area contributed by atoms with Gasteiger partial charge in [0.1, 0.15) is 11.6 Å². The first-order valence-corrected chi connectivity index (χ1v) is 6.47. The minimum Gasteiger partial charge on any atom is -0.465 e. The van der Waals surface area contributed by atoms with Crippen LogP contribution in [0.2, 0.25) is 0 Å². The van der Waals surface area contributed by atoms with Gasteiger partial charge in [0.05, 0.1) is 18.4 Å². The number of carbonyl (C=O) groups excluding carboxylic acids is 1. The number of methoxy groups -OCH3 is 1. The lowest BCUT2D eigenvalue weighted by Crippen LogP contribution is -2.10. The second-order valence-corrected chi connectivity index (χ2v) is 4.47. The Balaban J connectivity index is 2.07. The van der Waals surface area contributed by atoms with Gasteiger partial charge in [-0.25, -0.2) is 13.6 Å². The lowest BCUT2D eigenvalue weighted by Gasteiger charge is -2.10. The van der Waals surface area contributed by atoms with Gasteiger partial charge >= 0.3 is 5.97 Å². The number of halogens is 2. The summed E-state index contributed by atoms with van der Waals surface area (Å²) in [5, 5.41) is 2.86. The van der Waals surface area contributed by atoms with Crippen molar-refractivity contribution in [2.24, 2.45) is 0 Å². The molecule has 0 atom stereocenters. The molecule has 0 aliphatic heterocycles. The van der Waals surface area contributed by atoms with Crippen LogP contribution in [0.3, 0.4) is 0 Å². The van der Waals surface area contributed by atoms with Gasteiger partial charge in [0.2, 0.25) is 0 Å². The summed E-state index contributed by atoms with van der Waals surface area (Å²) in [7, 11) is 1.15. The van der Waals surface area contributed by atoms with Crippen molar-refractivity contribution in [2.45, 2.75) is 6.42 Å². The molecule has 2 rings (SSSR count). The van der Waals surface area contributed by atoms with E-state index >= 15 is 0 Å². The van der Waals surface area contributed by atoms with E-state index in [1.165, 1.54) is 0 Å². The first-order chi connectivity index (χ1) is 10.1. The highest BCUT2D eigenvalue weighted by atomic mass is 19.1. The molecule has 0 amide bonds. The molecular weight excluding hydrogens is 276 g/mol. The van der Waals surface area contributed by atoms with Gasteiger partial charge < -0.3 is 10.1 Å². The Kier molecular flexibility index (Phi) is 4.87. The highest BCUT2D eigenvalue weighted by molar-refractivity contribution is 5.90. The van der Waals surface area contributed by atoms with Crippen LogP contribution in [0.25, 0.3) is 0 Å². The number of esters is 1. The number of hydrogen-bond acceptors (Lipinski definition) is 3. The van der Waals surface area contributed by atoms with Gasteiger partial charge in [-0.3, -0.25) is 0 Å². The van der Waals surface area contributed by atoms with E-state index in [0.717, 1.165) is 18.7 Å². The van der Waals surface area contributed by atoms with Gasteiger partial charge in [-0.1, -0.05) is 30.3 Å². The van der Waals surface area contributed by atoms with Crippen LogP contribution in [-0.4, -0.2) is 19.6 Å². The van der Waals surface area contributed by atoms with Crippen molar-refractivity contribution >= 4 is 11.7 Å². The number of rotatable bonds is 5. The van der Waals surface area contributed by atoms with Crippen LogP contribution in [0.1, 0.15) is 15.9 Å². The SMILES string of the molecule is COC(=O)c1cc(NCCc2ccccc2)c(F)cc1F. The number of nitrogens with one attached hydrogen (secondary N) is 1. The largest absolute Gasteiger partial charge is 0.465 e. The highest BCUT2D eigenvalue weighted by Gasteiger charge is 2.16. The van der Waals surface area contributed by atoms with Crippen molar-refractivity contribution < 1.29 is 18.3 Å². The van der Waals surface area contributed by atoms with Gasteiger partial charge in [-0.2, -0.15) is 0 Å². The maximum absolute atomic E-state index is 13.7. The molecule has 2 aromatic carbocycles. The molecule has 0 radical (unpaired) electrons. The van der Waals surface area contributed by atoms with Crippen LogP contribution in [0.4, 0.5) is 14.5 Å². The summed E-state index contributed by atoms with van der Waals surface area (Å²) in [5.41, 5.74) is 0.884. The number of anilines is 1. The van der Waals surface area contributed by atoms with E-state index in [4.69, 9.17) is 0 Å². The average Bonchev–Trinajstić information content (AvgIpc) is 2.49. The van der Waals surface area contributed by atoms with Crippen LogP contribution in [0.15, 0.2) is 42.5 Å². The Morgan fingerprint density at radius 2 is 1.86 bits per heavy atom. The molecule has 3 nitrogen and oxygen atoms in total. The highest BCUT2D eigenvalue weighted by Crippen LogP contribution is 2.20. The van der Waals surface area contributed by atoms with Gasteiger partial charge in [-0.05, 0) is 18.1 Å². The van der Waals surface area contributed by atoms with Gasteiger partial charge in [0, 0.05) is 12.6 Å². The maximum Gasteiger partial charge on any atom is 0.340 e. The Hall–Kier alpha value is -2.43. The minimum atomic E-state index is -0.937.